The van der Waals surface area contributed by atoms with Crippen LogP contribution in [0.5, 0.6) is 0 Å². The largest absolute Gasteiger partial charge is 0.481 e. The molecular formula is C13H14F3NO2. The van der Waals surface area contributed by atoms with Crippen molar-refractivity contribution < 1.29 is 23.1 Å². The van der Waals surface area contributed by atoms with Gasteiger partial charge in [0.1, 0.15) is 0 Å². The van der Waals surface area contributed by atoms with Gasteiger partial charge in [0.15, 0.2) is 0 Å². The summed E-state index contributed by atoms with van der Waals surface area (Å²) in [5.41, 5.74) is -0.189. The van der Waals surface area contributed by atoms with Crippen molar-refractivity contribution in [3.05, 3.63) is 29.8 Å². The van der Waals surface area contributed by atoms with Gasteiger partial charge in [-0.1, -0.05) is 6.42 Å². The SMILES string of the molecule is O=C(O)C1CCCC1Nc1ccc(C(F)(F)F)cc1. The van der Waals surface area contributed by atoms with Crippen LogP contribution in [0.1, 0.15) is 24.8 Å². The van der Waals surface area contributed by atoms with Gasteiger partial charge >= 0.3 is 12.1 Å². The third-order valence-corrected chi connectivity index (χ3v) is 3.40. The van der Waals surface area contributed by atoms with E-state index in [-0.39, 0.29) is 6.04 Å². The zero-order valence-corrected chi connectivity index (χ0v) is 10.1. The summed E-state index contributed by atoms with van der Waals surface area (Å²) in [6.07, 6.45) is -2.21. The first-order valence-electron chi connectivity index (χ1n) is 6.04. The molecule has 0 bridgehead atoms. The van der Waals surface area contributed by atoms with Gasteiger partial charge in [0, 0.05) is 11.7 Å². The second-order valence-electron chi connectivity index (χ2n) is 4.70. The molecule has 2 unspecified atom stereocenters. The number of carboxylic acids is 1. The highest BCUT2D eigenvalue weighted by atomic mass is 19.4. The van der Waals surface area contributed by atoms with Crippen LogP contribution >= 0.6 is 0 Å². The Hall–Kier alpha value is -1.72. The summed E-state index contributed by atoms with van der Waals surface area (Å²) in [6.45, 7) is 0. The van der Waals surface area contributed by atoms with Gasteiger partial charge < -0.3 is 10.4 Å². The van der Waals surface area contributed by atoms with Crippen molar-refractivity contribution in [2.24, 2.45) is 5.92 Å². The van der Waals surface area contributed by atoms with E-state index in [1.54, 1.807) is 0 Å². The monoisotopic (exact) mass is 273 g/mol. The van der Waals surface area contributed by atoms with Gasteiger partial charge in [0.05, 0.1) is 11.5 Å². The second kappa shape index (κ2) is 5.11. The molecule has 0 aliphatic heterocycles. The van der Waals surface area contributed by atoms with E-state index in [0.717, 1.165) is 25.0 Å². The molecule has 0 amide bonds. The Labute approximate surface area is 108 Å². The minimum atomic E-state index is -4.35. The van der Waals surface area contributed by atoms with Crippen LogP contribution in [0, 0.1) is 5.92 Å². The summed E-state index contributed by atoms with van der Waals surface area (Å²) in [4.78, 5) is 11.0. The molecule has 1 aliphatic carbocycles. The number of nitrogens with one attached hydrogen (secondary N) is 1. The van der Waals surface area contributed by atoms with Gasteiger partial charge in [-0.15, -0.1) is 0 Å². The summed E-state index contributed by atoms with van der Waals surface area (Å²) >= 11 is 0. The topological polar surface area (TPSA) is 49.3 Å². The molecular weight excluding hydrogens is 259 g/mol. The zero-order chi connectivity index (χ0) is 14.0. The zero-order valence-electron chi connectivity index (χ0n) is 10.1. The van der Waals surface area contributed by atoms with E-state index in [9.17, 15) is 18.0 Å². The molecule has 0 spiro atoms. The number of carbonyl (C=O) groups is 1. The van der Waals surface area contributed by atoms with Crippen LogP contribution in [0.3, 0.4) is 0 Å². The lowest BCUT2D eigenvalue weighted by Crippen LogP contribution is -2.29. The van der Waals surface area contributed by atoms with E-state index in [1.807, 2.05) is 0 Å². The minimum absolute atomic E-state index is 0.214. The first-order valence-corrected chi connectivity index (χ1v) is 6.04. The number of carboxylic acid groups (broad SMARTS) is 1. The van der Waals surface area contributed by atoms with Crippen molar-refractivity contribution in [2.45, 2.75) is 31.5 Å². The Kier molecular flexibility index (Phi) is 3.68. The van der Waals surface area contributed by atoms with Crippen molar-refractivity contribution >= 4 is 11.7 Å². The minimum Gasteiger partial charge on any atom is -0.481 e. The standard InChI is InChI=1S/C13H14F3NO2/c14-13(15,16)8-4-6-9(7-5-8)17-11-3-1-2-10(11)12(18)19/h4-7,10-11,17H,1-3H2,(H,18,19). The molecule has 2 atom stereocenters. The highest BCUT2D eigenvalue weighted by Crippen LogP contribution is 2.32. The molecule has 1 aromatic carbocycles. The van der Waals surface area contributed by atoms with Crippen LogP contribution in [0.15, 0.2) is 24.3 Å². The summed E-state index contributed by atoms with van der Waals surface area (Å²) < 4.78 is 37.2. The summed E-state index contributed by atoms with van der Waals surface area (Å²) in [5, 5.41) is 12.0. The molecule has 2 N–H and O–H groups in total. The van der Waals surface area contributed by atoms with Crippen molar-refractivity contribution in [2.75, 3.05) is 5.32 Å². The summed E-state index contributed by atoms with van der Waals surface area (Å²) in [7, 11) is 0. The Morgan fingerprint density at radius 3 is 2.37 bits per heavy atom. The quantitative estimate of drug-likeness (QED) is 0.887. The van der Waals surface area contributed by atoms with Crippen molar-refractivity contribution in [1.82, 2.24) is 0 Å². The molecule has 6 heteroatoms. The predicted molar refractivity (Wildman–Crippen MR) is 63.8 cm³/mol. The normalized spacial score (nSPS) is 23.3. The maximum Gasteiger partial charge on any atom is 0.416 e. The fraction of sp³-hybridized carbons (Fsp3) is 0.462. The van der Waals surface area contributed by atoms with Gasteiger partial charge in [-0.3, -0.25) is 4.79 Å². The van der Waals surface area contributed by atoms with E-state index in [4.69, 9.17) is 5.11 Å². The molecule has 0 saturated heterocycles. The van der Waals surface area contributed by atoms with E-state index in [2.05, 4.69) is 5.32 Å². The number of aliphatic carboxylic acids is 1. The lowest BCUT2D eigenvalue weighted by molar-refractivity contribution is -0.141. The first kappa shape index (κ1) is 13.7. The molecule has 19 heavy (non-hydrogen) atoms. The van der Waals surface area contributed by atoms with Crippen LogP contribution < -0.4 is 5.32 Å². The number of benzene rings is 1. The number of hydrogen-bond acceptors (Lipinski definition) is 2. The molecule has 0 aromatic heterocycles. The van der Waals surface area contributed by atoms with Crippen molar-refractivity contribution in [3.63, 3.8) is 0 Å². The lowest BCUT2D eigenvalue weighted by atomic mass is 10.0. The third-order valence-electron chi connectivity index (χ3n) is 3.40. The van der Waals surface area contributed by atoms with Crippen molar-refractivity contribution in [1.29, 1.82) is 0 Å². The molecule has 1 aromatic rings. The number of alkyl halides is 3. The molecule has 2 rings (SSSR count). The van der Waals surface area contributed by atoms with Crippen LogP contribution in [0.4, 0.5) is 18.9 Å². The van der Waals surface area contributed by atoms with E-state index in [1.165, 1.54) is 12.1 Å². The van der Waals surface area contributed by atoms with E-state index < -0.39 is 23.6 Å². The number of hydrogen-bond donors (Lipinski definition) is 2. The van der Waals surface area contributed by atoms with Gasteiger partial charge in [-0.2, -0.15) is 13.2 Å². The second-order valence-corrected chi connectivity index (χ2v) is 4.70. The van der Waals surface area contributed by atoms with Gasteiger partial charge in [-0.25, -0.2) is 0 Å². The first-order chi connectivity index (χ1) is 8.88. The van der Waals surface area contributed by atoms with E-state index in [0.29, 0.717) is 12.1 Å². The van der Waals surface area contributed by atoms with Gasteiger partial charge in [0.25, 0.3) is 0 Å². The summed E-state index contributed by atoms with van der Waals surface area (Å²) in [6, 6.07) is 4.44. The molecule has 1 fully saturated rings. The average molecular weight is 273 g/mol. The number of rotatable bonds is 3. The smallest absolute Gasteiger partial charge is 0.416 e. The number of anilines is 1. The van der Waals surface area contributed by atoms with Crippen LogP contribution in [0.25, 0.3) is 0 Å². The fourth-order valence-corrected chi connectivity index (χ4v) is 2.40. The Bertz CT molecular complexity index is 456. The maximum absolute atomic E-state index is 12.4. The van der Waals surface area contributed by atoms with Crippen LogP contribution in [0.2, 0.25) is 0 Å². The highest BCUT2D eigenvalue weighted by molar-refractivity contribution is 5.72. The molecule has 0 radical (unpaired) electrons. The molecule has 104 valence electrons. The van der Waals surface area contributed by atoms with Gasteiger partial charge in [0.2, 0.25) is 0 Å². The molecule has 3 nitrogen and oxygen atoms in total. The molecule has 1 saturated carbocycles. The van der Waals surface area contributed by atoms with E-state index >= 15 is 0 Å². The average Bonchev–Trinajstić information content (AvgIpc) is 2.77. The van der Waals surface area contributed by atoms with Crippen molar-refractivity contribution in [3.8, 4) is 0 Å². The Morgan fingerprint density at radius 1 is 1.21 bits per heavy atom. The third kappa shape index (κ3) is 3.19. The number of halogens is 3. The van der Waals surface area contributed by atoms with Crippen LogP contribution in [-0.4, -0.2) is 17.1 Å². The predicted octanol–water partition coefficient (Wildman–Crippen LogP) is 3.37. The fourth-order valence-electron chi connectivity index (χ4n) is 2.40. The Balaban J connectivity index is 2.06. The molecule has 0 heterocycles. The maximum atomic E-state index is 12.4. The van der Waals surface area contributed by atoms with Gasteiger partial charge in [-0.05, 0) is 37.1 Å². The Morgan fingerprint density at radius 2 is 1.84 bits per heavy atom. The van der Waals surface area contributed by atoms with Crippen LogP contribution in [-0.2, 0) is 11.0 Å². The molecule has 1 aliphatic rings. The highest BCUT2D eigenvalue weighted by Gasteiger charge is 2.33. The summed E-state index contributed by atoms with van der Waals surface area (Å²) in [5.74, 6) is -1.33. The lowest BCUT2D eigenvalue weighted by Gasteiger charge is -2.19.